The minimum Gasteiger partial charge on any atom is -0.373 e. The van der Waals surface area contributed by atoms with E-state index in [1.807, 2.05) is 41.3 Å². The number of aromatic nitrogens is 1. The number of fused-ring (bicyclic) bond motifs is 2. The highest BCUT2D eigenvalue weighted by atomic mass is 35.5. The number of halogens is 1. The summed E-state index contributed by atoms with van der Waals surface area (Å²) in [5.41, 5.74) is 5.33. The molecule has 7 nitrogen and oxygen atoms in total. The van der Waals surface area contributed by atoms with Gasteiger partial charge in [-0.05, 0) is 48.5 Å². The Morgan fingerprint density at radius 2 is 1.77 bits per heavy atom. The van der Waals surface area contributed by atoms with Crippen LogP contribution in [0, 0.1) is 0 Å². The van der Waals surface area contributed by atoms with E-state index in [-0.39, 0.29) is 17.5 Å². The molecule has 1 aromatic heterocycles. The van der Waals surface area contributed by atoms with Gasteiger partial charge in [-0.15, -0.1) is 0 Å². The molecule has 8 heteroatoms. The molecule has 3 aliphatic heterocycles. The number of rotatable bonds is 2. The summed E-state index contributed by atoms with van der Waals surface area (Å²) in [4.78, 5) is 33.5. The van der Waals surface area contributed by atoms with Crippen LogP contribution in [0.4, 0.5) is 5.69 Å². The Morgan fingerprint density at radius 3 is 2.51 bits per heavy atom. The lowest BCUT2D eigenvalue weighted by Crippen LogP contribution is -2.56. The van der Waals surface area contributed by atoms with Crippen LogP contribution in [-0.4, -0.2) is 65.6 Å². The summed E-state index contributed by atoms with van der Waals surface area (Å²) in [7, 11) is 3.85. The fourth-order valence-electron chi connectivity index (χ4n) is 5.55. The molecule has 1 saturated heterocycles. The van der Waals surface area contributed by atoms with Gasteiger partial charge in [0.1, 0.15) is 6.04 Å². The van der Waals surface area contributed by atoms with E-state index in [0.717, 1.165) is 41.2 Å². The van der Waals surface area contributed by atoms with Crippen molar-refractivity contribution in [3.63, 3.8) is 0 Å². The minimum absolute atomic E-state index is 0.0654. The molecule has 0 spiro atoms. The van der Waals surface area contributed by atoms with Crippen molar-refractivity contribution >= 4 is 35.0 Å². The number of hydrogen-bond donors (Lipinski definition) is 1. The second-order valence-corrected chi connectivity index (χ2v) is 10.2. The van der Waals surface area contributed by atoms with Gasteiger partial charge in [-0.2, -0.15) is 0 Å². The van der Waals surface area contributed by atoms with Gasteiger partial charge in [0.05, 0.1) is 17.3 Å². The van der Waals surface area contributed by atoms with E-state index in [1.54, 1.807) is 17.8 Å². The molecule has 0 radical (unpaired) electrons. The average molecular weight is 490 g/mol. The van der Waals surface area contributed by atoms with Crippen LogP contribution in [0.15, 0.2) is 64.7 Å². The number of nitrogens with zero attached hydrogens (tertiary/aromatic N) is 4. The van der Waals surface area contributed by atoms with Crippen molar-refractivity contribution in [2.45, 2.75) is 18.5 Å². The number of hydrogen-bond acceptors (Lipinski definition) is 5. The Morgan fingerprint density at radius 1 is 1.03 bits per heavy atom. The van der Waals surface area contributed by atoms with Crippen molar-refractivity contribution in [2.75, 3.05) is 38.1 Å². The molecule has 4 aliphatic rings. The smallest absolute Gasteiger partial charge is 0.260 e. The zero-order chi connectivity index (χ0) is 24.3. The van der Waals surface area contributed by atoms with Crippen molar-refractivity contribution in [2.24, 2.45) is 7.05 Å². The SMILES string of the molecule is CN1CCN(C(=O)C2CC3C4=C(N2)c2c(ccn(C)c2=O)C=CC4=CN3c2ccc(Cl)cc2)CC1. The minimum atomic E-state index is -0.416. The maximum Gasteiger partial charge on any atom is 0.260 e. The largest absolute Gasteiger partial charge is 0.373 e. The molecule has 2 atom stereocenters. The number of nitrogens with one attached hydrogen (secondary N) is 1. The van der Waals surface area contributed by atoms with Gasteiger partial charge in [0.15, 0.2) is 0 Å². The van der Waals surface area contributed by atoms with Crippen LogP contribution >= 0.6 is 11.6 Å². The molecule has 2 unspecified atom stereocenters. The maximum atomic E-state index is 13.7. The Bertz CT molecular complexity index is 1350. The second-order valence-electron chi connectivity index (χ2n) is 9.73. The van der Waals surface area contributed by atoms with Gasteiger partial charge in [-0.25, -0.2) is 0 Å². The number of carbonyl (C=O) groups is 1. The summed E-state index contributed by atoms with van der Waals surface area (Å²) in [5, 5.41) is 4.22. The zero-order valence-corrected chi connectivity index (χ0v) is 20.6. The van der Waals surface area contributed by atoms with Gasteiger partial charge in [0.2, 0.25) is 5.91 Å². The molecule has 1 N–H and O–H groups in total. The number of piperazine rings is 1. The monoisotopic (exact) mass is 489 g/mol. The number of aryl methyl sites for hydroxylation is 1. The first-order valence-electron chi connectivity index (χ1n) is 12.0. The molecular formula is C27H28ClN5O2. The van der Waals surface area contributed by atoms with E-state index >= 15 is 0 Å². The van der Waals surface area contributed by atoms with Crippen LogP contribution < -0.4 is 15.8 Å². The number of likely N-dealkylation sites (N-methyl/N-ethyl adjacent to an activating group) is 1. The third kappa shape index (κ3) is 3.70. The summed E-state index contributed by atoms with van der Waals surface area (Å²) in [6.07, 6.45) is 8.61. The van der Waals surface area contributed by atoms with Crippen molar-refractivity contribution < 1.29 is 4.79 Å². The van der Waals surface area contributed by atoms with E-state index < -0.39 is 6.04 Å². The quantitative estimate of drug-likeness (QED) is 0.703. The van der Waals surface area contributed by atoms with Gasteiger partial charge >= 0.3 is 0 Å². The molecule has 2 aromatic rings. The Labute approximate surface area is 209 Å². The lowest BCUT2D eigenvalue weighted by Gasteiger charge is -2.40. The third-order valence-corrected chi connectivity index (χ3v) is 7.79. The van der Waals surface area contributed by atoms with Gasteiger partial charge in [0.25, 0.3) is 5.56 Å². The molecular weight excluding hydrogens is 462 g/mol. The van der Waals surface area contributed by atoms with Crippen molar-refractivity contribution in [3.05, 3.63) is 86.5 Å². The van der Waals surface area contributed by atoms with Crippen LogP contribution in [0.1, 0.15) is 17.5 Å². The number of allylic oxidation sites excluding steroid dienone is 1. The van der Waals surface area contributed by atoms with E-state index in [9.17, 15) is 9.59 Å². The first kappa shape index (κ1) is 22.2. The second kappa shape index (κ2) is 8.43. The highest BCUT2D eigenvalue weighted by molar-refractivity contribution is 6.30. The van der Waals surface area contributed by atoms with E-state index in [4.69, 9.17) is 11.6 Å². The third-order valence-electron chi connectivity index (χ3n) is 7.54. The highest BCUT2D eigenvalue weighted by Gasteiger charge is 2.43. The number of benzene rings is 1. The molecule has 180 valence electrons. The van der Waals surface area contributed by atoms with Crippen LogP contribution in [0.2, 0.25) is 5.02 Å². The van der Waals surface area contributed by atoms with Gasteiger partial charge < -0.3 is 24.6 Å². The summed E-state index contributed by atoms with van der Waals surface area (Å²) in [6.45, 7) is 3.17. The molecule has 1 fully saturated rings. The first-order chi connectivity index (χ1) is 16.9. The lowest BCUT2D eigenvalue weighted by molar-refractivity contribution is -0.135. The molecule has 1 aromatic carbocycles. The topological polar surface area (TPSA) is 60.8 Å². The fraction of sp³-hybridized carbons (Fsp3) is 0.333. The highest BCUT2D eigenvalue weighted by Crippen LogP contribution is 2.43. The normalized spacial score (nSPS) is 23.5. The van der Waals surface area contributed by atoms with Gasteiger partial charge in [-0.1, -0.05) is 23.8 Å². The molecule has 0 saturated carbocycles. The van der Waals surface area contributed by atoms with Crippen molar-refractivity contribution in [1.29, 1.82) is 0 Å². The molecule has 4 heterocycles. The molecule has 35 heavy (non-hydrogen) atoms. The van der Waals surface area contributed by atoms with Gasteiger partial charge in [-0.3, -0.25) is 9.59 Å². The van der Waals surface area contributed by atoms with E-state index in [1.165, 1.54) is 0 Å². The van der Waals surface area contributed by atoms with Gasteiger partial charge in [0, 0.05) is 68.3 Å². The van der Waals surface area contributed by atoms with E-state index in [0.29, 0.717) is 30.1 Å². The summed E-state index contributed by atoms with van der Waals surface area (Å²) in [6, 6.07) is 9.25. The standard InChI is InChI=1S/C27H28ClN5O2/c1-30-11-13-32(14-12-30)26(34)21-15-22-23-18(16-33(22)20-7-5-19(28)6-8-20)4-3-17-9-10-31(2)27(35)24(17)25(23)29-21/h3-10,16,21-22,29H,11-15H2,1-2H3. The summed E-state index contributed by atoms with van der Waals surface area (Å²) in [5.74, 6) is 0.0978. The number of anilines is 1. The molecule has 1 aliphatic carbocycles. The first-order valence-corrected chi connectivity index (χ1v) is 12.4. The van der Waals surface area contributed by atoms with E-state index in [2.05, 4.69) is 34.4 Å². The van der Waals surface area contributed by atoms with Crippen LogP contribution in [0.3, 0.4) is 0 Å². The van der Waals surface area contributed by atoms with Crippen molar-refractivity contribution in [1.82, 2.24) is 19.7 Å². The Balaban J connectivity index is 1.46. The molecule has 6 rings (SSSR count). The fourth-order valence-corrected chi connectivity index (χ4v) is 5.67. The molecule has 1 amide bonds. The van der Waals surface area contributed by atoms with Crippen LogP contribution in [0.5, 0.6) is 0 Å². The Hall–Kier alpha value is -3.29. The Kier molecular flexibility index (Phi) is 5.34. The number of amides is 1. The predicted molar refractivity (Wildman–Crippen MR) is 139 cm³/mol. The molecule has 0 bridgehead atoms. The number of carbonyl (C=O) groups excluding carboxylic acids is 1. The predicted octanol–water partition coefficient (Wildman–Crippen LogP) is 2.69. The lowest BCUT2D eigenvalue weighted by atomic mass is 9.87. The average Bonchev–Trinajstić information content (AvgIpc) is 3.15. The van der Waals surface area contributed by atoms with Crippen molar-refractivity contribution in [3.8, 4) is 0 Å². The van der Waals surface area contributed by atoms with Crippen LogP contribution in [0.25, 0.3) is 11.8 Å². The summed E-state index contributed by atoms with van der Waals surface area (Å²) < 4.78 is 1.60. The maximum absolute atomic E-state index is 13.7. The summed E-state index contributed by atoms with van der Waals surface area (Å²) >= 11 is 6.16. The number of pyridine rings is 1. The zero-order valence-electron chi connectivity index (χ0n) is 19.9. The van der Waals surface area contributed by atoms with Crippen LogP contribution in [-0.2, 0) is 11.8 Å².